The second-order valence-electron chi connectivity index (χ2n) is 4.61. The number of aryl methyl sites for hydroxylation is 1. The van der Waals surface area contributed by atoms with Crippen LogP contribution in [0.1, 0.15) is 22.9 Å². The zero-order chi connectivity index (χ0) is 13.3. The third-order valence-corrected chi connectivity index (χ3v) is 4.92. The van der Waals surface area contributed by atoms with Gasteiger partial charge in [0.1, 0.15) is 5.82 Å². The van der Waals surface area contributed by atoms with Gasteiger partial charge in [0.25, 0.3) is 0 Å². The fourth-order valence-corrected chi connectivity index (χ4v) is 3.43. The van der Waals surface area contributed by atoms with Crippen LogP contribution in [-0.2, 0) is 12.0 Å². The Balaban J connectivity index is 2.30. The molecular formula is C14H14BrFOS. The van der Waals surface area contributed by atoms with Crippen LogP contribution in [0, 0.1) is 12.7 Å². The number of aliphatic hydroxyl groups is 1. The van der Waals surface area contributed by atoms with Crippen LogP contribution in [0.3, 0.4) is 0 Å². The number of benzene rings is 1. The maximum atomic E-state index is 13.5. The lowest BCUT2D eigenvalue weighted by atomic mass is 9.91. The third-order valence-electron chi connectivity index (χ3n) is 2.99. The molecule has 0 spiro atoms. The van der Waals surface area contributed by atoms with E-state index in [-0.39, 0.29) is 5.82 Å². The van der Waals surface area contributed by atoms with Crippen molar-refractivity contribution < 1.29 is 9.50 Å². The van der Waals surface area contributed by atoms with E-state index in [0.717, 1.165) is 9.35 Å². The zero-order valence-corrected chi connectivity index (χ0v) is 12.6. The van der Waals surface area contributed by atoms with Gasteiger partial charge >= 0.3 is 0 Å². The molecule has 1 aromatic heterocycles. The number of rotatable bonds is 3. The van der Waals surface area contributed by atoms with Gasteiger partial charge in [-0.1, -0.05) is 12.1 Å². The quantitative estimate of drug-likeness (QED) is 0.884. The van der Waals surface area contributed by atoms with Crippen LogP contribution in [0.5, 0.6) is 0 Å². The Morgan fingerprint density at radius 2 is 2.11 bits per heavy atom. The first-order chi connectivity index (χ1) is 8.40. The maximum Gasteiger partial charge on any atom is 0.126 e. The average molecular weight is 329 g/mol. The Hall–Kier alpha value is -0.710. The summed E-state index contributed by atoms with van der Waals surface area (Å²) in [6, 6.07) is 6.84. The van der Waals surface area contributed by atoms with Crippen LogP contribution >= 0.6 is 27.3 Å². The number of hydrogen-bond donors (Lipinski definition) is 1. The van der Waals surface area contributed by atoms with Gasteiger partial charge in [0.15, 0.2) is 0 Å². The molecule has 0 fully saturated rings. The van der Waals surface area contributed by atoms with Crippen LogP contribution in [-0.4, -0.2) is 5.11 Å². The normalized spacial score (nSPS) is 14.5. The smallest absolute Gasteiger partial charge is 0.126 e. The first-order valence-corrected chi connectivity index (χ1v) is 7.28. The topological polar surface area (TPSA) is 20.2 Å². The zero-order valence-electron chi connectivity index (χ0n) is 10.2. The van der Waals surface area contributed by atoms with Crippen molar-refractivity contribution in [2.24, 2.45) is 0 Å². The Kier molecular flexibility index (Phi) is 3.90. The molecule has 0 aliphatic carbocycles. The maximum absolute atomic E-state index is 13.5. The van der Waals surface area contributed by atoms with Crippen LogP contribution in [0.4, 0.5) is 4.39 Å². The van der Waals surface area contributed by atoms with Crippen molar-refractivity contribution in [2.45, 2.75) is 25.9 Å². The summed E-state index contributed by atoms with van der Waals surface area (Å²) >= 11 is 5.02. The lowest BCUT2D eigenvalue weighted by Crippen LogP contribution is -2.24. The first kappa shape index (κ1) is 13.7. The van der Waals surface area contributed by atoms with E-state index in [1.165, 1.54) is 6.07 Å². The minimum atomic E-state index is -1.07. The Morgan fingerprint density at radius 3 is 2.67 bits per heavy atom. The summed E-state index contributed by atoms with van der Waals surface area (Å²) in [5.41, 5.74) is 0.125. The van der Waals surface area contributed by atoms with Gasteiger partial charge in [-0.15, -0.1) is 11.3 Å². The monoisotopic (exact) mass is 328 g/mol. The van der Waals surface area contributed by atoms with Crippen molar-refractivity contribution in [2.75, 3.05) is 0 Å². The van der Waals surface area contributed by atoms with Crippen LogP contribution in [0.2, 0.25) is 0 Å². The lowest BCUT2D eigenvalue weighted by Gasteiger charge is -2.24. The molecule has 1 unspecified atom stereocenters. The highest BCUT2D eigenvalue weighted by Crippen LogP contribution is 2.32. The fraction of sp³-hybridized carbons (Fsp3) is 0.286. The van der Waals surface area contributed by atoms with Gasteiger partial charge in [-0.25, -0.2) is 4.39 Å². The summed E-state index contributed by atoms with van der Waals surface area (Å²) in [5, 5.41) is 12.5. The molecule has 0 aliphatic heterocycles. The molecule has 96 valence electrons. The molecule has 0 amide bonds. The van der Waals surface area contributed by atoms with E-state index in [2.05, 4.69) is 15.9 Å². The number of halogens is 2. The van der Waals surface area contributed by atoms with E-state index >= 15 is 0 Å². The van der Waals surface area contributed by atoms with Crippen molar-refractivity contribution in [1.82, 2.24) is 0 Å². The van der Waals surface area contributed by atoms with E-state index in [1.807, 2.05) is 11.4 Å². The van der Waals surface area contributed by atoms with Crippen LogP contribution in [0.25, 0.3) is 0 Å². The summed E-state index contributed by atoms with van der Waals surface area (Å²) in [6.07, 6.45) is 0.466. The van der Waals surface area contributed by atoms with Gasteiger partial charge in [0.2, 0.25) is 0 Å². The van der Waals surface area contributed by atoms with Gasteiger partial charge < -0.3 is 5.11 Å². The standard InChI is InChI=1S/C14H14BrFOS/c1-9-3-4-10(7-12(9)16)14(2,17)8-13-11(15)5-6-18-13/h3-7,17H,8H2,1-2H3. The predicted molar refractivity (Wildman–Crippen MR) is 76.4 cm³/mol. The molecule has 2 rings (SSSR count). The SMILES string of the molecule is Cc1ccc(C(C)(O)Cc2sccc2Br)cc1F. The van der Waals surface area contributed by atoms with Crippen LogP contribution in [0.15, 0.2) is 34.1 Å². The van der Waals surface area contributed by atoms with Crippen molar-refractivity contribution in [1.29, 1.82) is 0 Å². The summed E-state index contributed by atoms with van der Waals surface area (Å²) in [5.74, 6) is -0.280. The van der Waals surface area contributed by atoms with E-state index < -0.39 is 5.60 Å². The molecule has 1 heterocycles. The Morgan fingerprint density at radius 1 is 1.39 bits per heavy atom. The van der Waals surface area contributed by atoms with E-state index in [0.29, 0.717) is 17.5 Å². The van der Waals surface area contributed by atoms with Crippen molar-refractivity contribution in [3.63, 3.8) is 0 Å². The van der Waals surface area contributed by atoms with Gasteiger partial charge in [0.05, 0.1) is 5.60 Å². The molecule has 0 radical (unpaired) electrons. The van der Waals surface area contributed by atoms with Gasteiger partial charge in [0, 0.05) is 15.8 Å². The molecule has 0 bridgehead atoms. The molecule has 1 N–H and O–H groups in total. The predicted octanol–water partition coefficient (Wildman–Crippen LogP) is 4.41. The molecule has 1 atom stereocenters. The average Bonchev–Trinajstić information content (AvgIpc) is 2.67. The molecule has 2 aromatic rings. The summed E-state index contributed by atoms with van der Waals surface area (Å²) in [6.45, 7) is 3.42. The second-order valence-corrected chi connectivity index (χ2v) is 6.46. The molecule has 1 aromatic carbocycles. The molecule has 0 aliphatic rings. The molecule has 0 saturated heterocycles. The highest BCUT2D eigenvalue weighted by atomic mass is 79.9. The van der Waals surface area contributed by atoms with Crippen molar-refractivity contribution in [3.05, 3.63) is 55.9 Å². The number of hydrogen-bond acceptors (Lipinski definition) is 2. The Bertz CT molecular complexity index is 563. The van der Waals surface area contributed by atoms with Gasteiger partial charge in [-0.05, 0) is 58.4 Å². The largest absolute Gasteiger partial charge is 0.385 e. The fourth-order valence-electron chi connectivity index (χ4n) is 1.79. The minimum Gasteiger partial charge on any atom is -0.385 e. The van der Waals surface area contributed by atoms with E-state index in [4.69, 9.17) is 0 Å². The third kappa shape index (κ3) is 2.82. The molecular weight excluding hydrogens is 315 g/mol. The van der Waals surface area contributed by atoms with Crippen molar-refractivity contribution >= 4 is 27.3 Å². The molecule has 1 nitrogen and oxygen atoms in total. The van der Waals surface area contributed by atoms with Gasteiger partial charge in [-0.2, -0.15) is 0 Å². The second kappa shape index (κ2) is 5.11. The van der Waals surface area contributed by atoms with E-state index in [9.17, 15) is 9.50 Å². The highest BCUT2D eigenvalue weighted by Gasteiger charge is 2.25. The lowest BCUT2D eigenvalue weighted by molar-refractivity contribution is 0.0580. The summed E-state index contributed by atoms with van der Waals surface area (Å²) in [7, 11) is 0. The molecule has 0 saturated carbocycles. The molecule has 4 heteroatoms. The first-order valence-electron chi connectivity index (χ1n) is 5.61. The highest BCUT2D eigenvalue weighted by molar-refractivity contribution is 9.10. The van der Waals surface area contributed by atoms with Crippen LogP contribution < -0.4 is 0 Å². The van der Waals surface area contributed by atoms with Gasteiger partial charge in [-0.3, -0.25) is 0 Å². The number of thiophene rings is 1. The van der Waals surface area contributed by atoms with E-state index in [1.54, 1.807) is 37.3 Å². The van der Waals surface area contributed by atoms with Crippen molar-refractivity contribution in [3.8, 4) is 0 Å². The Labute approximate surface area is 118 Å². The summed E-state index contributed by atoms with van der Waals surface area (Å²) < 4.78 is 14.5. The summed E-state index contributed by atoms with van der Waals surface area (Å²) in [4.78, 5) is 1.06. The molecule has 18 heavy (non-hydrogen) atoms. The minimum absolute atomic E-state index is 0.280.